The molecule has 0 bridgehead atoms. The van der Waals surface area contributed by atoms with Gasteiger partial charge in [-0.3, -0.25) is 9.97 Å². The number of nitrogens with zero attached hydrogens (tertiary/aromatic N) is 4. The van der Waals surface area contributed by atoms with Crippen molar-refractivity contribution in [2.45, 2.75) is 19.3 Å². The van der Waals surface area contributed by atoms with Crippen molar-refractivity contribution in [1.29, 1.82) is 0 Å². The van der Waals surface area contributed by atoms with Crippen LogP contribution in [0, 0.1) is 0 Å². The Morgan fingerprint density at radius 3 is 1.49 bits per heavy atom. The molecule has 0 spiro atoms. The number of ether oxygens (including phenoxy) is 1. The summed E-state index contributed by atoms with van der Waals surface area (Å²) >= 11 is 0. The van der Waals surface area contributed by atoms with E-state index >= 15 is 0 Å². The van der Waals surface area contributed by atoms with Gasteiger partial charge in [0.15, 0.2) is 19.6 Å². The third-order valence-electron chi connectivity index (χ3n) is 14.8. The first kappa shape index (κ1) is 38.0. The largest absolute Gasteiger partial charge is 0.453 e. The lowest BCUT2D eigenvalue weighted by molar-refractivity contribution is 0.477. The molecular formula is C61H42N4OSi. The average Bonchev–Trinajstić information content (AvgIpc) is 3.68. The van der Waals surface area contributed by atoms with Crippen LogP contribution in [0.5, 0.6) is 11.5 Å². The van der Waals surface area contributed by atoms with Crippen molar-refractivity contribution >= 4 is 95.3 Å². The molecular weight excluding hydrogens is 833 g/mol. The second kappa shape index (κ2) is 14.1. The molecule has 0 unspecified atom stereocenters. The monoisotopic (exact) mass is 874 g/mol. The highest BCUT2D eigenvalue weighted by atomic mass is 28.3. The summed E-state index contributed by atoms with van der Waals surface area (Å²) in [6, 6.07) is 71.5. The Balaban J connectivity index is 1.08. The van der Waals surface area contributed by atoms with Gasteiger partial charge in [0.05, 0.1) is 34.1 Å². The number of hydrogen-bond acceptors (Lipinski definition) is 5. The molecule has 0 fully saturated rings. The second-order valence-corrected chi connectivity index (χ2v) is 22.3. The van der Waals surface area contributed by atoms with E-state index in [4.69, 9.17) is 14.7 Å². The fraction of sp³-hybridized carbons (Fsp3) is 0.0492. The Morgan fingerprint density at radius 2 is 0.896 bits per heavy atom. The standard InChI is InChI=1S/C61H42N4OSi/c1-61(2)49-24-8-9-25-51(49)64(56-36-60-48(33-50(56)61)45-23-7-14-30-59(45)67(60,39-17-15-31-62-37-39)40-18-16-32-63-38-40)54-34-46-42-20-4-6-22-44(42)55(35-47(46)41-19-3-5-21-43(41)54)65-52-26-10-12-28-57(52)66-58-29-13-11-27-53(58)65/h3-38H,1-2H3. The van der Waals surface area contributed by atoms with Gasteiger partial charge in [0.1, 0.15) is 0 Å². The van der Waals surface area contributed by atoms with E-state index < -0.39 is 8.07 Å². The van der Waals surface area contributed by atoms with Crippen LogP contribution in [-0.4, -0.2) is 18.0 Å². The van der Waals surface area contributed by atoms with Crippen LogP contribution in [0.1, 0.15) is 25.0 Å². The summed E-state index contributed by atoms with van der Waals surface area (Å²) in [7, 11) is -2.93. The third-order valence-corrected chi connectivity index (χ3v) is 19.6. The van der Waals surface area contributed by atoms with E-state index in [-0.39, 0.29) is 5.41 Å². The van der Waals surface area contributed by atoms with Gasteiger partial charge in [-0.25, -0.2) is 0 Å². The molecule has 0 saturated heterocycles. The highest BCUT2D eigenvalue weighted by Gasteiger charge is 2.51. The van der Waals surface area contributed by atoms with Gasteiger partial charge in [-0.2, -0.15) is 0 Å². The fourth-order valence-electron chi connectivity index (χ4n) is 11.9. The van der Waals surface area contributed by atoms with Gasteiger partial charge in [0.2, 0.25) is 0 Å². The van der Waals surface area contributed by atoms with E-state index in [1.807, 2.05) is 24.5 Å². The molecule has 5 heterocycles. The number of rotatable bonds is 4. The van der Waals surface area contributed by atoms with Crippen LogP contribution < -0.4 is 35.3 Å². The minimum absolute atomic E-state index is 0.305. The maximum atomic E-state index is 6.51. The van der Waals surface area contributed by atoms with Gasteiger partial charge in [-0.1, -0.05) is 141 Å². The molecule has 0 saturated carbocycles. The normalized spacial score (nSPS) is 14.7. The molecule has 11 aromatic rings. The van der Waals surface area contributed by atoms with Gasteiger partial charge in [0.25, 0.3) is 0 Å². The summed E-state index contributed by atoms with van der Waals surface area (Å²) in [5, 5.41) is 12.4. The molecule has 0 atom stereocenters. The maximum Gasteiger partial charge on any atom is 0.184 e. The first-order chi connectivity index (χ1) is 33.0. The Kier molecular flexibility index (Phi) is 7.99. The van der Waals surface area contributed by atoms with E-state index in [1.165, 1.54) is 86.7 Å². The zero-order valence-electron chi connectivity index (χ0n) is 37.0. The fourth-order valence-corrected chi connectivity index (χ4v) is 17.0. The maximum absolute atomic E-state index is 6.51. The third kappa shape index (κ3) is 5.19. The van der Waals surface area contributed by atoms with E-state index in [2.05, 4.69) is 218 Å². The van der Waals surface area contributed by atoms with Gasteiger partial charge in [-0.15, -0.1) is 0 Å². The van der Waals surface area contributed by atoms with E-state index in [9.17, 15) is 0 Å². The summed E-state index contributed by atoms with van der Waals surface area (Å²) in [6.45, 7) is 4.80. The summed E-state index contributed by atoms with van der Waals surface area (Å²) in [4.78, 5) is 14.6. The molecule has 316 valence electrons. The number of hydrogen-bond donors (Lipinski definition) is 0. The number of pyridine rings is 2. The number of anilines is 6. The number of para-hydroxylation sites is 5. The van der Waals surface area contributed by atoms with Crippen LogP contribution in [0.15, 0.2) is 219 Å². The van der Waals surface area contributed by atoms with Crippen LogP contribution in [0.3, 0.4) is 0 Å². The van der Waals surface area contributed by atoms with Gasteiger partial charge >= 0.3 is 0 Å². The molecule has 14 rings (SSSR count). The predicted molar refractivity (Wildman–Crippen MR) is 279 cm³/mol. The Bertz CT molecular complexity index is 3770. The number of benzene rings is 9. The first-order valence-corrected chi connectivity index (χ1v) is 25.0. The van der Waals surface area contributed by atoms with Crippen LogP contribution in [0.4, 0.5) is 34.1 Å². The average molecular weight is 875 g/mol. The van der Waals surface area contributed by atoms with Crippen molar-refractivity contribution in [2.75, 3.05) is 9.80 Å². The van der Waals surface area contributed by atoms with Crippen molar-refractivity contribution in [1.82, 2.24) is 9.97 Å². The SMILES string of the molecule is CC1(C)c2ccccc2N(c2cc3c4ccccc4c(N4c5ccccc5Oc5ccccc54)cc3c3ccccc23)c2cc3c(cc21)-c1ccccc1[Si]3(c1cccnc1)c1cccnc1. The minimum Gasteiger partial charge on any atom is -0.453 e. The Hall–Kier alpha value is -8.32. The molecule has 9 aromatic carbocycles. The molecule has 0 radical (unpaired) electrons. The highest BCUT2D eigenvalue weighted by molar-refractivity contribution is 7.22. The van der Waals surface area contributed by atoms with Crippen LogP contribution in [0.25, 0.3) is 43.4 Å². The molecule has 5 nitrogen and oxygen atoms in total. The van der Waals surface area contributed by atoms with Crippen molar-refractivity contribution < 1.29 is 4.74 Å². The van der Waals surface area contributed by atoms with Crippen molar-refractivity contribution in [3.8, 4) is 22.6 Å². The summed E-state index contributed by atoms with van der Waals surface area (Å²) in [6.07, 6.45) is 7.99. The molecule has 3 aliphatic rings. The van der Waals surface area contributed by atoms with E-state index in [1.54, 1.807) is 0 Å². The van der Waals surface area contributed by atoms with Crippen LogP contribution in [0.2, 0.25) is 0 Å². The molecule has 3 aliphatic heterocycles. The number of aromatic nitrogens is 2. The molecule has 0 N–H and O–H groups in total. The summed E-state index contributed by atoms with van der Waals surface area (Å²) in [5.74, 6) is 1.68. The van der Waals surface area contributed by atoms with E-state index in [0.717, 1.165) is 34.2 Å². The van der Waals surface area contributed by atoms with Crippen LogP contribution in [-0.2, 0) is 5.41 Å². The molecule has 67 heavy (non-hydrogen) atoms. The molecule has 6 heteroatoms. The van der Waals surface area contributed by atoms with Crippen LogP contribution >= 0.6 is 0 Å². The van der Waals surface area contributed by atoms with Crippen molar-refractivity contribution in [3.05, 3.63) is 230 Å². The van der Waals surface area contributed by atoms with Gasteiger partial charge in [0, 0.05) is 41.0 Å². The van der Waals surface area contributed by atoms with E-state index in [0.29, 0.717) is 0 Å². The lowest BCUT2D eigenvalue weighted by atomic mass is 9.72. The second-order valence-electron chi connectivity index (χ2n) is 18.5. The zero-order valence-corrected chi connectivity index (χ0v) is 38.0. The lowest BCUT2D eigenvalue weighted by Gasteiger charge is -2.43. The molecule has 0 amide bonds. The zero-order chi connectivity index (χ0) is 44.4. The minimum atomic E-state index is -2.93. The molecule has 2 aromatic heterocycles. The van der Waals surface area contributed by atoms with Gasteiger partial charge < -0.3 is 14.5 Å². The van der Waals surface area contributed by atoms with Crippen molar-refractivity contribution in [3.63, 3.8) is 0 Å². The quantitative estimate of drug-likeness (QED) is 0.130. The summed E-state index contributed by atoms with van der Waals surface area (Å²) < 4.78 is 6.51. The first-order valence-electron chi connectivity index (χ1n) is 23.0. The smallest absolute Gasteiger partial charge is 0.184 e. The lowest BCUT2D eigenvalue weighted by Crippen LogP contribution is -2.73. The topological polar surface area (TPSA) is 41.5 Å². The highest BCUT2D eigenvalue weighted by Crippen LogP contribution is 2.57. The predicted octanol–water partition coefficient (Wildman–Crippen LogP) is 13.0. The van der Waals surface area contributed by atoms with Gasteiger partial charge in [-0.05, 0) is 131 Å². The van der Waals surface area contributed by atoms with Crippen molar-refractivity contribution in [2.24, 2.45) is 0 Å². The molecule has 0 aliphatic carbocycles. The Labute approximate surface area is 389 Å². The summed E-state index contributed by atoms with van der Waals surface area (Å²) in [5.41, 5.74) is 11.6. The number of fused-ring (bicyclic) bond motifs is 12. The Morgan fingerprint density at radius 1 is 0.388 bits per heavy atom.